The van der Waals surface area contributed by atoms with Gasteiger partial charge in [-0.15, -0.1) is 0 Å². The smallest absolute Gasteiger partial charge is 0.307 e. The number of carbonyl (C=O) groups is 3. The molecule has 1 aromatic carbocycles. The molecule has 2 aliphatic rings. The molecule has 10 heteroatoms. The number of ketones is 1. The number of esters is 1. The molecule has 2 heterocycles. The van der Waals surface area contributed by atoms with Crippen LogP contribution in [-0.2, 0) is 24.2 Å². The number of Topliss-reactive ketones (excluding diaryl/α,β-unsaturated/α-hetero) is 1. The van der Waals surface area contributed by atoms with E-state index in [-0.39, 0.29) is 30.1 Å². The number of sulfone groups is 1. The second kappa shape index (κ2) is 9.67. The predicted molar refractivity (Wildman–Crippen MR) is 111 cm³/mol. The maximum atomic E-state index is 12.7. The minimum atomic E-state index is -3.14. The van der Waals surface area contributed by atoms with Gasteiger partial charge in [0.2, 0.25) is 0 Å². The minimum absolute atomic E-state index is 0.0532. The van der Waals surface area contributed by atoms with Gasteiger partial charge in [0, 0.05) is 24.6 Å². The number of amides is 1. The molecule has 1 amide bonds. The van der Waals surface area contributed by atoms with Crippen LogP contribution >= 0.6 is 0 Å². The van der Waals surface area contributed by atoms with Crippen molar-refractivity contribution in [1.29, 1.82) is 0 Å². The molecule has 0 N–H and O–H groups in total. The molecule has 0 bridgehead atoms. The fourth-order valence-electron chi connectivity index (χ4n) is 3.73. The van der Waals surface area contributed by atoms with Crippen molar-refractivity contribution in [3.63, 3.8) is 0 Å². The Bertz CT molecular complexity index is 958. The third-order valence-corrected chi connectivity index (χ3v) is 7.10. The highest BCUT2D eigenvalue weighted by molar-refractivity contribution is 7.91. The number of fused-ring (bicyclic) bond motifs is 1. The van der Waals surface area contributed by atoms with Crippen LogP contribution in [0.4, 0.5) is 0 Å². The number of nitrogens with zero attached hydrogens (tertiary/aromatic N) is 1. The monoisotopic (exact) mass is 453 g/mol. The lowest BCUT2D eigenvalue weighted by atomic mass is 10.1. The zero-order chi connectivity index (χ0) is 22.6. The molecule has 9 nitrogen and oxygen atoms in total. The average molecular weight is 454 g/mol. The number of rotatable bonds is 8. The van der Waals surface area contributed by atoms with Crippen molar-refractivity contribution in [2.24, 2.45) is 0 Å². The van der Waals surface area contributed by atoms with Crippen LogP contribution in [0.3, 0.4) is 0 Å². The van der Waals surface area contributed by atoms with Crippen LogP contribution in [0, 0.1) is 0 Å². The Labute approximate surface area is 181 Å². The lowest BCUT2D eigenvalue weighted by Crippen LogP contribution is -2.46. The first-order valence-electron chi connectivity index (χ1n) is 10.3. The molecule has 0 unspecified atom stereocenters. The van der Waals surface area contributed by atoms with Crippen molar-refractivity contribution in [3.8, 4) is 11.5 Å². The Morgan fingerprint density at radius 3 is 2.52 bits per heavy atom. The summed E-state index contributed by atoms with van der Waals surface area (Å²) < 4.78 is 39.5. The van der Waals surface area contributed by atoms with Gasteiger partial charge in [-0.05, 0) is 38.5 Å². The number of hydrogen-bond acceptors (Lipinski definition) is 8. The van der Waals surface area contributed by atoms with Gasteiger partial charge < -0.3 is 19.1 Å². The lowest BCUT2D eigenvalue weighted by molar-refractivity contribution is -0.159. The molecular weight excluding hydrogens is 426 g/mol. The molecule has 2 aliphatic heterocycles. The summed E-state index contributed by atoms with van der Waals surface area (Å²) in [5, 5.41) is 0. The van der Waals surface area contributed by atoms with Crippen LogP contribution in [-0.4, -0.2) is 74.4 Å². The zero-order valence-corrected chi connectivity index (χ0v) is 18.5. The first-order chi connectivity index (χ1) is 14.7. The van der Waals surface area contributed by atoms with Crippen LogP contribution in [0.15, 0.2) is 18.2 Å². The highest BCUT2D eigenvalue weighted by atomic mass is 32.2. The summed E-state index contributed by atoms with van der Waals surface area (Å²) >= 11 is 0. The number of likely N-dealkylation sites (N-methyl/N-ethyl adjacent to an activating group) is 1. The summed E-state index contributed by atoms with van der Waals surface area (Å²) in [5.74, 6) is -0.302. The molecule has 3 rings (SSSR count). The quantitative estimate of drug-likeness (QED) is 0.428. The highest BCUT2D eigenvalue weighted by Crippen LogP contribution is 2.31. The Morgan fingerprint density at radius 1 is 1.16 bits per heavy atom. The summed E-state index contributed by atoms with van der Waals surface area (Å²) in [7, 11) is -3.14. The number of carbonyl (C=O) groups excluding carboxylic acids is 3. The molecule has 170 valence electrons. The van der Waals surface area contributed by atoms with Crippen molar-refractivity contribution in [2.45, 2.75) is 45.3 Å². The standard InChI is InChI=1S/C21H27NO8S/c1-3-22(16-8-11-31(26,27)13-16)21(25)14(2)30-20(24)7-5-17(23)15-4-6-18-19(12-15)29-10-9-28-18/h4,6,12,14,16H,3,5,7-11,13H2,1-2H3/t14-,16-/m1/s1. The van der Waals surface area contributed by atoms with E-state index in [1.54, 1.807) is 25.1 Å². The van der Waals surface area contributed by atoms with Gasteiger partial charge in [0.1, 0.15) is 13.2 Å². The highest BCUT2D eigenvalue weighted by Gasteiger charge is 2.36. The Hall–Kier alpha value is -2.62. The summed E-state index contributed by atoms with van der Waals surface area (Å²) in [6, 6.07) is 4.45. The SMILES string of the molecule is CCN(C(=O)[C@@H](C)OC(=O)CCC(=O)c1ccc2c(c1)OCCO2)[C@@H]1CCS(=O)(=O)C1. The van der Waals surface area contributed by atoms with Crippen molar-refractivity contribution in [2.75, 3.05) is 31.3 Å². The molecule has 0 spiro atoms. The maximum Gasteiger partial charge on any atom is 0.307 e. The molecule has 0 aromatic heterocycles. The van der Waals surface area contributed by atoms with Crippen LogP contribution in [0.2, 0.25) is 0 Å². The van der Waals surface area contributed by atoms with Gasteiger partial charge in [-0.1, -0.05) is 0 Å². The van der Waals surface area contributed by atoms with E-state index < -0.39 is 33.9 Å². The second-order valence-corrected chi connectivity index (χ2v) is 9.82. The molecule has 0 aliphatic carbocycles. The van der Waals surface area contributed by atoms with Gasteiger partial charge >= 0.3 is 5.97 Å². The topological polar surface area (TPSA) is 116 Å². The van der Waals surface area contributed by atoms with E-state index >= 15 is 0 Å². The Kier molecular flexibility index (Phi) is 7.19. The Balaban J connectivity index is 1.50. The molecule has 1 saturated heterocycles. The third kappa shape index (κ3) is 5.75. The minimum Gasteiger partial charge on any atom is -0.486 e. The lowest BCUT2D eigenvalue weighted by Gasteiger charge is -2.29. The van der Waals surface area contributed by atoms with E-state index in [1.807, 2.05) is 0 Å². The number of benzene rings is 1. The molecule has 2 atom stereocenters. The van der Waals surface area contributed by atoms with Crippen molar-refractivity contribution in [1.82, 2.24) is 4.90 Å². The van der Waals surface area contributed by atoms with Crippen molar-refractivity contribution in [3.05, 3.63) is 23.8 Å². The fraction of sp³-hybridized carbons (Fsp3) is 0.571. The van der Waals surface area contributed by atoms with E-state index in [9.17, 15) is 22.8 Å². The first-order valence-corrected chi connectivity index (χ1v) is 12.2. The average Bonchev–Trinajstić information content (AvgIpc) is 3.11. The van der Waals surface area contributed by atoms with Gasteiger partial charge in [-0.3, -0.25) is 14.4 Å². The zero-order valence-electron chi connectivity index (χ0n) is 17.7. The molecule has 1 fully saturated rings. The van der Waals surface area contributed by atoms with Gasteiger partial charge in [-0.25, -0.2) is 8.42 Å². The second-order valence-electron chi connectivity index (χ2n) is 7.59. The van der Waals surface area contributed by atoms with E-state index in [4.69, 9.17) is 14.2 Å². The normalized spacial score (nSPS) is 20.0. The third-order valence-electron chi connectivity index (χ3n) is 5.35. The van der Waals surface area contributed by atoms with Crippen LogP contribution < -0.4 is 9.47 Å². The summed E-state index contributed by atoms with van der Waals surface area (Å²) in [4.78, 5) is 38.7. The van der Waals surface area contributed by atoms with Crippen LogP contribution in [0.1, 0.15) is 43.5 Å². The van der Waals surface area contributed by atoms with Gasteiger partial charge in [0.25, 0.3) is 5.91 Å². The van der Waals surface area contributed by atoms with Gasteiger partial charge in [0.15, 0.2) is 33.2 Å². The molecule has 0 radical (unpaired) electrons. The van der Waals surface area contributed by atoms with Crippen molar-refractivity contribution >= 4 is 27.5 Å². The molecule has 1 aromatic rings. The summed E-state index contributed by atoms with van der Waals surface area (Å²) in [6.45, 7) is 4.39. The Morgan fingerprint density at radius 2 is 1.87 bits per heavy atom. The summed E-state index contributed by atoms with van der Waals surface area (Å²) in [6.07, 6.45) is -0.917. The van der Waals surface area contributed by atoms with E-state index in [1.165, 1.54) is 11.8 Å². The van der Waals surface area contributed by atoms with E-state index in [2.05, 4.69) is 0 Å². The largest absolute Gasteiger partial charge is 0.486 e. The first kappa shape index (κ1) is 23.1. The fourth-order valence-corrected chi connectivity index (χ4v) is 5.46. The number of hydrogen-bond donors (Lipinski definition) is 0. The maximum absolute atomic E-state index is 12.7. The molecule has 0 saturated carbocycles. The van der Waals surface area contributed by atoms with Gasteiger partial charge in [0.05, 0.1) is 17.9 Å². The van der Waals surface area contributed by atoms with Crippen LogP contribution in [0.5, 0.6) is 11.5 Å². The van der Waals surface area contributed by atoms with Crippen molar-refractivity contribution < 1.29 is 37.0 Å². The van der Waals surface area contributed by atoms with E-state index in [0.717, 1.165) is 0 Å². The number of ether oxygens (including phenoxy) is 3. The molecule has 31 heavy (non-hydrogen) atoms. The predicted octanol–water partition coefficient (Wildman–Crippen LogP) is 1.39. The molecular formula is C21H27NO8S. The van der Waals surface area contributed by atoms with Crippen LogP contribution in [0.25, 0.3) is 0 Å². The van der Waals surface area contributed by atoms with E-state index in [0.29, 0.717) is 43.2 Å². The summed E-state index contributed by atoms with van der Waals surface area (Å²) in [5.41, 5.74) is 0.403. The van der Waals surface area contributed by atoms with Gasteiger partial charge in [-0.2, -0.15) is 0 Å².